The summed E-state index contributed by atoms with van der Waals surface area (Å²) in [4.78, 5) is 0. The number of rotatable bonds is 3. The van der Waals surface area contributed by atoms with Crippen LogP contribution in [0.5, 0.6) is 0 Å². The average Bonchev–Trinajstić information content (AvgIpc) is 2.82. The van der Waals surface area contributed by atoms with E-state index in [2.05, 4.69) is 58.2 Å². The summed E-state index contributed by atoms with van der Waals surface area (Å²) >= 11 is 0. The summed E-state index contributed by atoms with van der Waals surface area (Å²) in [5, 5.41) is 12.3. The predicted molar refractivity (Wildman–Crippen MR) is 74.9 cm³/mol. The van der Waals surface area contributed by atoms with E-state index in [1.54, 1.807) is 0 Å². The van der Waals surface area contributed by atoms with E-state index in [4.69, 9.17) is 0 Å². The second kappa shape index (κ2) is 5.13. The highest BCUT2D eigenvalue weighted by molar-refractivity contribution is 5.26. The Morgan fingerprint density at radius 3 is 2.79 bits per heavy atom. The number of fused-ring (bicyclic) bond motifs is 1. The molecule has 0 spiro atoms. The van der Waals surface area contributed by atoms with Crippen LogP contribution < -0.4 is 5.32 Å². The summed E-state index contributed by atoms with van der Waals surface area (Å²) in [5.41, 5.74) is 1.26. The maximum Gasteiger partial charge on any atom is 0.154 e. The van der Waals surface area contributed by atoms with Crippen molar-refractivity contribution in [2.75, 3.05) is 6.54 Å². The highest BCUT2D eigenvalue weighted by Crippen LogP contribution is 2.24. The van der Waals surface area contributed by atoms with Gasteiger partial charge in [0.1, 0.15) is 5.82 Å². The third kappa shape index (κ3) is 2.40. The van der Waals surface area contributed by atoms with Crippen LogP contribution in [-0.2, 0) is 13.0 Å². The summed E-state index contributed by atoms with van der Waals surface area (Å²) in [6.07, 6.45) is 0.995. The van der Waals surface area contributed by atoms with Crippen molar-refractivity contribution in [2.24, 2.45) is 5.92 Å². The first-order chi connectivity index (χ1) is 9.25. The third-order valence-electron chi connectivity index (χ3n) is 3.52. The van der Waals surface area contributed by atoms with Crippen molar-refractivity contribution in [1.29, 1.82) is 0 Å². The maximum absolute atomic E-state index is 4.42. The normalized spacial score (nSPS) is 18.6. The van der Waals surface area contributed by atoms with E-state index in [1.807, 2.05) is 6.07 Å². The van der Waals surface area contributed by atoms with Gasteiger partial charge in [-0.3, -0.25) is 0 Å². The Kier molecular flexibility index (Phi) is 3.34. The molecule has 2 aromatic rings. The lowest BCUT2D eigenvalue weighted by atomic mass is 10.0. The van der Waals surface area contributed by atoms with Crippen LogP contribution in [0.4, 0.5) is 0 Å². The highest BCUT2D eigenvalue weighted by atomic mass is 15.3. The molecule has 1 N–H and O–H groups in total. The van der Waals surface area contributed by atoms with Gasteiger partial charge in [0, 0.05) is 19.5 Å². The SMILES string of the molecule is CC(C)Cc1nnc2n1CCNC2c1ccccc1. The van der Waals surface area contributed by atoms with E-state index in [0.717, 1.165) is 31.2 Å². The summed E-state index contributed by atoms with van der Waals surface area (Å²) < 4.78 is 2.29. The first kappa shape index (κ1) is 12.4. The van der Waals surface area contributed by atoms with Crippen LogP contribution in [-0.4, -0.2) is 21.3 Å². The summed E-state index contributed by atoms with van der Waals surface area (Å²) in [7, 11) is 0. The molecule has 4 heteroatoms. The van der Waals surface area contributed by atoms with Crippen molar-refractivity contribution in [3.8, 4) is 0 Å². The topological polar surface area (TPSA) is 42.7 Å². The highest BCUT2D eigenvalue weighted by Gasteiger charge is 2.25. The van der Waals surface area contributed by atoms with Crippen molar-refractivity contribution >= 4 is 0 Å². The van der Waals surface area contributed by atoms with E-state index < -0.39 is 0 Å². The van der Waals surface area contributed by atoms with Gasteiger partial charge in [0.15, 0.2) is 5.82 Å². The smallest absolute Gasteiger partial charge is 0.154 e. The standard InChI is InChI=1S/C15H20N4/c1-11(2)10-13-17-18-15-14(16-8-9-19(13)15)12-6-4-3-5-7-12/h3-7,11,14,16H,8-10H2,1-2H3. The minimum absolute atomic E-state index is 0.170. The lowest BCUT2D eigenvalue weighted by Gasteiger charge is -2.25. The van der Waals surface area contributed by atoms with Crippen LogP contribution >= 0.6 is 0 Å². The second-order valence-corrected chi connectivity index (χ2v) is 5.52. The number of nitrogens with zero attached hydrogens (tertiary/aromatic N) is 3. The molecule has 0 fully saturated rings. The summed E-state index contributed by atoms with van der Waals surface area (Å²) in [6, 6.07) is 10.6. The molecule has 0 saturated heterocycles. The number of hydrogen-bond donors (Lipinski definition) is 1. The van der Waals surface area contributed by atoms with Crippen molar-refractivity contribution < 1.29 is 0 Å². The fourth-order valence-electron chi connectivity index (χ4n) is 2.65. The molecule has 0 bridgehead atoms. The van der Waals surface area contributed by atoms with Crippen molar-refractivity contribution in [1.82, 2.24) is 20.1 Å². The zero-order valence-electron chi connectivity index (χ0n) is 11.5. The largest absolute Gasteiger partial charge is 0.312 e. The zero-order chi connectivity index (χ0) is 13.2. The Bertz CT molecular complexity index is 545. The van der Waals surface area contributed by atoms with Crippen molar-refractivity contribution in [3.63, 3.8) is 0 Å². The average molecular weight is 256 g/mol. The van der Waals surface area contributed by atoms with Gasteiger partial charge in [-0.15, -0.1) is 10.2 Å². The minimum Gasteiger partial charge on any atom is -0.312 e. The Balaban J connectivity index is 1.95. The van der Waals surface area contributed by atoms with Gasteiger partial charge in [0.25, 0.3) is 0 Å². The lowest BCUT2D eigenvalue weighted by Crippen LogP contribution is -2.35. The third-order valence-corrected chi connectivity index (χ3v) is 3.52. The monoisotopic (exact) mass is 256 g/mol. The quantitative estimate of drug-likeness (QED) is 0.915. The number of aromatic nitrogens is 3. The van der Waals surface area contributed by atoms with E-state index in [0.29, 0.717) is 5.92 Å². The molecule has 0 amide bonds. The van der Waals surface area contributed by atoms with Gasteiger partial charge in [-0.2, -0.15) is 0 Å². The number of benzene rings is 1. The first-order valence-electron chi connectivity index (χ1n) is 6.96. The van der Waals surface area contributed by atoms with Gasteiger partial charge in [-0.05, 0) is 11.5 Å². The number of nitrogens with one attached hydrogen (secondary N) is 1. The zero-order valence-corrected chi connectivity index (χ0v) is 11.5. The molecule has 1 aliphatic rings. The fraction of sp³-hybridized carbons (Fsp3) is 0.467. The van der Waals surface area contributed by atoms with Crippen LogP contribution in [0.2, 0.25) is 0 Å². The Labute approximate surface area is 113 Å². The Morgan fingerprint density at radius 2 is 2.05 bits per heavy atom. The molecular weight excluding hydrogens is 236 g/mol. The Hall–Kier alpha value is -1.68. The van der Waals surface area contributed by atoms with E-state index in [1.165, 1.54) is 5.56 Å². The van der Waals surface area contributed by atoms with Crippen LogP contribution in [0.3, 0.4) is 0 Å². The molecule has 1 aromatic heterocycles. The molecule has 4 nitrogen and oxygen atoms in total. The van der Waals surface area contributed by atoms with Crippen LogP contribution in [0, 0.1) is 5.92 Å². The van der Waals surface area contributed by atoms with Gasteiger partial charge < -0.3 is 9.88 Å². The molecule has 0 saturated carbocycles. The van der Waals surface area contributed by atoms with Gasteiger partial charge in [0.2, 0.25) is 0 Å². The van der Waals surface area contributed by atoms with Crippen LogP contribution in [0.15, 0.2) is 30.3 Å². The van der Waals surface area contributed by atoms with Gasteiger partial charge in [-0.25, -0.2) is 0 Å². The van der Waals surface area contributed by atoms with E-state index >= 15 is 0 Å². The maximum atomic E-state index is 4.42. The van der Waals surface area contributed by atoms with E-state index in [9.17, 15) is 0 Å². The fourth-order valence-corrected chi connectivity index (χ4v) is 2.65. The van der Waals surface area contributed by atoms with Crippen molar-refractivity contribution in [3.05, 3.63) is 47.5 Å². The molecule has 100 valence electrons. The Morgan fingerprint density at radius 1 is 1.26 bits per heavy atom. The molecular formula is C15H20N4. The van der Waals surface area contributed by atoms with Gasteiger partial charge >= 0.3 is 0 Å². The molecule has 19 heavy (non-hydrogen) atoms. The lowest BCUT2D eigenvalue weighted by molar-refractivity contribution is 0.441. The van der Waals surface area contributed by atoms with E-state index in [-0.39, 0.29) is 6.04 Å². The summed E-state index contributed by atoms with van der Waals surface area (Å²) in [5.74, 6) is 2.78. The van der Waals surface area contributed by atoms with Gasteiger partial charge in [-0.1, -0.05) is 44.2 Å². The van der Waals surface area contributed by atoms with Crippen LogP contribution in [0.1, 0.15) is 37.1 Å². The molecule has 0 radical (unpaired) electrons. The second-order valence-electron chi connectivity index (χ2n) is 5.52. The van der Waals surface area contributed by atoms with Gasteiger partial charge in [0.05, 0.1) is 6.04 Å². The predicted octanol–water partition coefficient (Wildman–Crippen LogP) is 2.17. The first-order valence-corrected chi connectivity index (χ1v) is 6.96. The minimum atomic E-state index is 0.170. The van der Waals surface area contributed by atoms with Crippen LogP contribution in [0.25, 0.3) is 0 Å². The molecule has 1 unspecified atom stereocenters. The van der Waals surface area contributed by atoms with Crippen molar-refractivity contribution in [2.45, 2.75) is 32.9 Å². The molecule has 1 atom stereocenters. The molecule has 2 heterocycles. The molecule has 1 aromatic carbocycles. The molecule has 3 rings (SSSR count). The summed E-state index contributed by atoms with van der Waals surface area (Å²) in [6.45, 7) is 6.37. The molecule has 1 aliphatic heterocycles. The number of hydrogen-bond acceptors (Lipinski definition) is 3. The molecule has 0 aliphatic carbocycles.